The zero-order chi connectivity index (χ0) is 14.6. The SMILES string of the molecule is CC(C)(CCS(=O)(=O)CCC[N+](C)(C)C)N(Cl)Cl.[Cl-]. The highest BCUT2D eigenvalue weighted by Crippen LogP contribution is 2.24. The summed E-state index contributed by atoms with van der Waals surface area (Å²) in [5.74, 6) is 0.344. The Hall–Kier alpha value is 0.740. The van der Waals surface area contributed by atoms with Crippen LogP contribution in [0, 0.1) is 0 Å². The third-order valence-electron chi connectivity index (χ3n) is 2.77. The van der Waals surface area contributed by atoms with Crippen LogP contribution < -0.4 is 12.4 Å². The minimum absolute atomic E-state index is 0. The summed E-state index contributed by atoms with van der Waals surface area (Å²) in [6.45, 7) is 4.48. The predicted octanol–water partition coefficient (Wildman–Crippen LogP) is -0.720. The van der Waals surface area contributed by atoms with Gasteiger partial charge in [0.25, 0.3) is 0 Å². The summed E-state index contributed by atoms with van der Waals surface area (Å²) >= 11 is 11.3. The summed E-state index contributed by atoms with van der Waals surface area (Å²) in [4.78, 5) is 0. The van der Waals surface area contributed by atoms with E-state index in [1.54, 1.807) is 0 Å². The van der Waals surface area contributed by atoms with E-state index in [0.29, 0.717) is 12.8 Å². The van der Waals surface area contributed by atoms with Crippen LogP contribution in [0.15, 0.2) is 0 Å². The lowest BCUT2D eigenvalue weighted by Crippen LogP contribution is -3.00. The molecule has 0 N–H and O–H groups in total. The Labute approximate surface area is 134 Å². The van der Waals surface area contributed by atoms with Crippen molar-refractivity contribution in [2.24, 2.45) is 0 Å². The second-order valence-corrected chi connectivity index (χ2v) is 9.47. The fraction of sp³-hybridized carbons (Fsp3) is 1.00. The molecule has 0 aliphatic heterocycles. The Bertz CT molecular complexity index is 351. The number of halogens is 3. The van der Waals surface area contributed by atoms with Gasteiger partial charge in [0.1, 0.15) is 0 Å². The molecule has 0 unspecified atom stereocenters. The maximum absolute atomic E-state index is 11.9. The molecule has 0 aromatic rings. The van der Waals surface area contributed by atoms with Crippen LogP contribution in [-0.4, -0.2) is 61.6 Å². The van der Waals surface area contributed by atoms with E-state index >= 15 is 0 Å². The molecule has 0 saturated heterocycles. The summed E-state index contributed by atoms with van der Waals surface area (Å²) in [7, 11) is 3.13. The number of hydrogen-bond donors (Lipinski definition) is 0. The molecule has 4 nitrogen and oxygen atoms in total. The van der Waals surface area contributed by atoms with E-state index in [-0.39, 0.29) is 23.9 Å². The molecule has 0 aromatic carbocycles. The highest BCUT2D eigenvalue weighted by Gasteiger charge is 2.27. The summed E-state index contributed by atoms with van der Waals surface area (Å²) in [5.41, 5.74) is -0.531. The van der Waals surface area contributed by atoms with Crippen LogP contribution in [0.5, 0.6) is 0 Å². The van der Waals surface area contributed by atoms with Crippen LogP contribution >= 0.6 is 23.6 Å². The van der Waals surface area contributed by atoms with Crippen LogP contribution in [-0.2, 0) is 9.84 Å². The average Bonchev–Trinajstić information content (AvgIpc) is 2.12. The minimum Gasteiger partial charge on any atom is -1.00 e. The minimum atomic E-state index is -3.02. The van der Waals surface area contributed by atoms with Gasteiger partial charge in [-0.05, 0) is 43.8 Å². The van der Waals surface area contributed by atoms with Gasteiger partial charge < -0.3 is 16.9 Å². The van der Waals surface area contributed by atoms with Crippen molar-refractivity contribution in [1.29, 1.82) is 0 Å². The van der Waals surface area contributed by atoms with Gasteiger partial charge in [0.2, 0.25) is 0 Å². The lowest BCUT2D eigenvalue weighted by atomic mass is 10.0. The Morgan fingerprint density at radius 2 is 1.58 bits per heavy atom. The van der Waals surface area contributed by atoms with E-state index < -0.39 is 15.4 Å². The Morgan fingerprint density at radius 1 is 1.11 bits per heavy atom. The van der Waals surface area contributed by atoms with Crippen molar-refractivity contribution in [3.63, 3.8) is 0 Å². The van der Waals surface area contributed by atoms with Gasteiger partial charge in [-0.1, -0.05) is 0 Å². The van der Waals surface area contributed by atoms with Crippen molar-refractivity contribution in [3.05, 3.63) is 0 Å². The van der Waals surface area contributed by atoms with Crippen LogP contribution in [0.2, 0.25) is 0 Å². The predicted molar refractivity (Wildman–Crippen MR) is 78.4 cm³/mol. The second kappa shape index (κ2) is 8.25. The summed E-state index contributed by atoms with van der Waals surface area (Å²) < 4.78 is 25.5. The van der Waals surface area contributed by atoms with E-state index in [9.17, 15) is 8.42 Å². The van der Waals surface area contributed by atoms with Gasteiger partial charge in [0.15, 0.2) is 9.84 Å². The zero-order valence-corrected chi connectivity index (χ0v) is 15.4. The molecule has 0 amide bonds. The maximum atomic E-state index is 11.9. The van der Waals surface area contributed by atoms with Crippen LogP contribution in [0.4, 0.5) is 0 Å². The topological polar surface area (TPSA) is 37.4 Å². The van der Waals surface area contributed by atoms with E-state index in [2.05, 4.69) is 21.1 Å². The monoisotopic (exact) mass is 354 g/mol. The third kappa shape index (κ3) is 11.1. The summed E-state index contributed by atoms with van der Waals surface area (Å²) in [6, 6.07) is 0. The molecule has 0 bridgehead atoms. The molecular formula is C11H25Cl3N2O2S. The Morgan fingerprint density at radius 3 is 1.95 bits per heavy atom. The number of sulfone groups is 1. The molecule has 0 heterocycles. The van der Waals surface area contributed by atoms with Gasteiger partial charge in [0.05, 0.1) is 39.2 Å². The number of hydrogen-bond acceptors (Lipinski definition) is 3. The molecule has 0 spiro atoms. The second-order valence-electron chi connectivity index (χ2n) is 6.31. The van der Waals surface area contributed by atoms with Gasteiger partial charge in [-0.3, -0.25) is 0 Å². The molecule has 8 heteroatoms. The van der Waals surface area contributed by atoms with Gasteiger partial charge in [-0.15, -0.1) is 3.94 Å². The largest absolute Gasteiger partial charge is 1.00 e. The van der Waals surface area contributed by atoms with Crippen LogP contribution in [0.25, 0.3) is 0 Å². The Kier molecular flexibility index (Phi) is 9.56. The molecule has 0 radical (unpaired) electrons. The molecule has 0 saturated carbocycles. The van der Waals surface area contributed by atoms with Crippen molar-refractivity contribution in [2.75, 3.05) is 39.2 Å². The number of nitrogens with zero attached hydrogens (tertiary/aromatic N) is 2. The number of rotatable bonds is 8. The van der Waals surface area contributed by atoms with Crippen LogP contribution in [0.1, 0.15) is 26.7 Å². The van der Waals surface area contributed by atoms with Crippen molar-refractivity contribution in [2.45, 2.75) is 32.2 Å². The first-order chi connectivity index (χ1) is 7.86. The van der Waals surface area contributed by atoms with Crippen molar-refractivity contribution >= 4 is 33.4 Å². The standard InChI is InChI=1S/C11H25Cl2N2O2S.ClH/c1-11(2,14(12)13)7-10-18(16,17)9-6-8-15(3,4)5;/h6-10H2,1-5H3;1H/q+1;/p-1. The first-order valence-corrected chi connectivity index (χ1v) is 8.48. The molecular weight excluding hydrogens is 331 g/mol. The summed E-state index contributed by atoms with van der Waals surface area (Å²) in [6.07, 6.45) is 1.10. The quantitative estimate of drug-likeness (QED) is 0.426. The highest BCUT2D eigenvalue weighted by atomic mass is 35.5. The third-order valence-corrected chi connectivity index (χ3v) is 5.42. The van der Waals surface area contributed by atoms with E-state index in [4.69, 9.17) is 23.6 Å². The molecule has 0 rings (SSSR count). The van der Waals surface area contributed by atoms with Crippen LogP contribution in [0.3, 0.4) is 0 Å². The van der Waals surface area contributed by atoms with Crippen molar-refractivity contribution in [1.82, 2.24) is 3.94 Å². The van der Waals surface area contributed by atoms with Gasteiger partial charge in [0, 0.05) is 12.0 Å². The first kappa shape index (κ1) is 22.0. The lowest BCUT2D eigenvalue weighted by molar-refractivity contribution is -0.870. The van der Waals surface area contributed by atoms with Gasteiger partial charge >= 0.3 is 0 Å². The lowest BCUT2D eigenvalue weighted by Gasteiger charge is -2.27. The fourth-order valence-corrected chi connectivity index (χ4v) is 3.10. The fourth-order valence-electron chi connectivity index (χ4n) is 1.35. The average molecular weight is 356 g/mol. The molecule has 0 aliphatic carbocycles. The van der Waals surface area contributed by atoms with Gasteiger partial charge in [-0.25, -0.2) is 8.42 Å². The molecule has 0 fully saturated rings. The van der Waals surface area contributed by atoms with Crippen molar-refractivity contribution in [3.8, 4) is 0 Å². The highest BCUT2D eigenvalue weighted by molar-refractivity contribution is 7.91. The maximum Gasteiger partial charge on any atom is 0.150 e. The molecule has 0 aromatic heterocycles. The normalized spacial score (nSPS) is 13.5. The molecule has 19 heavy (non-hydrogen) atoms. The zero-order valence-electron chi connectivity index (χ0n) is 12.3. The smallest absolute Gasteiger partial charge is 0.150 e. The number of quaternary nitrogens is 1. The van der Waals surface area contributed by atoms with Gasteiger partial charge in [-0.2, -0.15) is 0 Å². The first-order valence-electron chi connectivity index (χ1n) is 5.98. The van der Waals surface area contributed by atoms with E-state index in [1.165, 1.54) is 0 Å². The Balaban J connectivity index is 0. The van der Waals surface area contributed by atoms with E-state index in [1.807, 2.05) is 13.8 Å². The summed E-state index contributed by atoms with van der Waals surface area (Å²) in [5, 5.41) is 0. The molecule has 0 atom stereocenters. The molecule has 118 valence electrons. The molecule has 0 aliphatic rings. The van der Waals surface area contributed by atoms with E-state index in [0.717, 1.165) is 15.0 Å². The van der Waals surface area contributed by atoms with Crippen molar-refractivity contribution < 1.29 is 25.3 Å².